The second-order valence-corrected chi connectivity index (χ2v) is 9.29. The van der Waals surface area contributed by atoms with E-state index in [9.17, 15) is 18.0 Å². The summed E-state index contributed by atoms with van der Waals surface area (Å²) < 4.78 is 33.7. The molecule has 0 spiro atoms. The normalized spacial score (nSPS) is 18.5. The molecule has 0 radical (unpaired) electrons. The van der Waals surface area contributed by atoms with Crippen LogP contribution in [0.4, 0.5) is 0 Å². The molecule has 1 saturated heterocycles. The first-order valence-electron chi connectivity index (χ1n) is 8.52. The fraction of sp³-hybridized carbons (Fsp3) is 0.471. The average molecular weight is 412 g/mol. The van der Waals surface area contributed by atoms with Crippen molar-refractivity contribution in [3.63, 3.8) is 0 Å². The number of carbonyl (C=O) groups is 2. The Hall–Kier alpha value is -2.07. The predicted molar refractivity (Wildman–Crippen MR) is 100 cm³/mol. The van der Waals surface area contributed by atoms with Gasteiger partial charge in [0.05, 0.1) is 11.5 Å². The van der Waals surface area contributed by atoms with E-state index in [0.717, 1.165) is 11.8 Å². The van der Waals surface area contributed by atoms with Crippen molar-refractivity contribution in [2.45, 2.75) is 24.6 Å². The third-order valence-corrected chi connectivity index (χ3v) is 6.81. The molecule has 1 fully saturated rings. The number of sulfone groups is 1. The van der Waals surface area contributed by atoms with Crippen molar-refractivity contribution in [3.05, 3.63) is 24.3 Å². The summed E-state index contributed by atoms with van der Waals surface area (Å²) in [6, 6.07) is 6.92. The molecule has 1 amide bonds. The van der Waals surface area contributed by atoms with Crippen LogP contribution in [0.5, 0.6) is 0 Å². The largest absolute Gasteiger partial charge is 0.455 e. The van der Waals surface area contributed by atoms with Crippen LogP contribution < -0.4 is 0 Å². The monoisotopic (exact) mass is 412 g/mol. The lowest BCUT2D eigenvalue weighted by molar-refractivity contribution is -0.150. The maximum atomic E-state index is 12.3. The van der Waals surface area contributed by atoms with Gasteiger partial charge in [0.25, 0.3) is 11.1 Å². The molecule has 1 aromatic heterocycles. The third kappa shape index (κ3) is 5.01. The van der Waals surface area contributed by atoms with Crippen molar-refractivity contribution >= 4 is 44.6 Å². The zero-order valence-electron chi connectivity index (χ0n) is 14.8. The number of benzene rings is 1. The molecule has 27 heavy (non-hydrogen) atoms. The van der Waals surface area contributed by atoms with Crippen LogP contribution in [0.3, 0.4) is 0 Å². The lowest BCUT2D eigenvalue weighted by Gasteiger charge is -2.26. The number of amides is 1. The summed E-state index contributed by atoms with van der Waals surface area (Å²) in [5, 5.41) is 0.353. The van der Waals surface area contributed by atoms with Gasteiger partial charge in [-0.2, -0.15) is 0 Å². The molecule has 0 saturated carbocycles. The highest BCUT2D eigenvalue weighted by molar-refractivity contribution is 7.99. The van der Waals surface area contributed by atoms with E-state index in [1.165, 1.54) is 4.90 Å². The molecular weight excluding hydrogens is 392 g/mol. The number of rotatable bonds is 7. The molecule has 1 atom stereocenters. The zero-order valence-corrected chi connectivity index (χ0v) is 16.4. The van der Waals surface area contributed by atoms with Crippen LogP contribution >= 0.6 is 11.8 Å². The molecule has 1 aliphatic rings. The topological polar surface area (TPSA) is 107 Å². The number of thioether (sulfide) groups is 1. The van der Waals surface area contributed by atoms with Crippen LogP contribution in [-0.4, -0.2) is 66.6 Å². The molecule has 2 heterocycles. The van der Waals surface area contributed by atoms with Gasteiger partial charge in [-0.05, 0) is 25.5 Å². The highest BCUT2D eigenvalue weighted by atomic mass is 32.2. The van der Waals surface area contributed by atoms with Crippen molar-refractivity contribution < 1.29 is 27.2 Å². The Labute approximate surface area is 161 Å². The average Bonchev–Trinajstić information content (AvgIpc) is 3.21. The second-order valence-electron chi connectivity index (χ2n) is 6.13. The van der Waals surface area contributed by atoms with E-state index in [4.69, 9.17) is 9.15 Å². The molecule has 2 aromatic rings. The third-order valence-electron chi connectivity index (χ3n) is 4.25. The van der Waals surface area contributed by atoms with Crippen LogP contribution in [0.1, 0.15) is 13.3 Å². The molecule has 0 bridgehead atoms. The van der Waals surface area contributed by atoms with Crippen molar-refractivity contribution in [1.82, 2.24) is 9.88 Å². The highest BCUT2D eigenvalue weighted by Crippen LogP contribution is 2.23. The number of hydrogen-bond donors (Lipinski definition) is 0. The van der Waals surface area contributed by atoms with Crippen LogP contribution in [0.2, 0.25) is 0 Å². The van der Waals surface area contributed by atoms with Crippen molar-refractivity contribution in [3.8, 4) is 0 Å². The molecule has 1 aromatic carbocycles. The Kier molecular flexibility index (Phi) is 6.05. The minimum absolute atomic E-state index is 0.0336. The van der Waals surface area contributed by atoms with Crippen molar-refractivity contribution in [2.75, 3.05) is 30.4 Å². The summed E-state index contributed by atoms with van der Waals surface area (Å²) >= 11 is 1.09. The van der Waals surface area contributed by atoms with E-state index >= 15 is 0 Å². The summed E-state index contributed by atoms with van der Waals surface area (Å²) in [7, 11) is -3.09. The van der Waals surface area contributed by atoms with Gasteiger partial charge in [-0.3, -0.25) is 9.59 Å². The minimum Gasteiger partial charge on any atom is -0.455 e. The van der Waals surface area contributed by atoms with E-state index in [-0.39, 0.29) is 29.2 Å². The number of carbonyl (C=O) groups excluding carboxylic acids is 2. The standard InChI is InChI=1S/C17H20N2O6S2/c1-2-19(12-7-8-27(22,23)11-12)15(20)9-24-16(21)10-26-17-18-13-5-3-4-6-14(13)25-17/h3-6,12H,2,7-11H2,1H3/t12-/m0/s1. The Morgan fingerprint density at radius 1 is 1.37 bits per heavy atom. The lowest BCUT2D eigenvalue weighted by atomic mass is 10.2. The molecule has 0 aliphatic carbocycles. The summed E-state index contributed by atoms with van der Waals surface area (Å²) in [5.41, 5.74) is 1.34. The number of oxazole rings is 1. The Morgan fingerprint density at radius 3 is 2.81 bits per heavy atom. The van der Waals surface area contributed by atoms with Gasteiger partial charge < -0.3 is 14.1 Å². The molecule has 0 N–H and O–H groups in total. The summed E-state index contributed by atoms with van der Waals surface area (Å²) in [4.78, 5) is 29.9. The van der Waals surface area contributed by atoms with Gasteiger partial charge in [0, 0.05) is 12.6 Å². The van der Waals surface area contributed by atoms with Crippen molar-refractivity contribution in [1.29, 1.82) is 0 Å². The van der Waals surface area contributed by atoms with Crippen molar-refractivity contribution in [2.24, 2.45) is 0 Å². The van der Waals surface area contributed by atoms with Gasteiger partial charge in [0.15, 0.2) is 22.0 Å². The van der Waals surface area contributed by atoms with Gasteiger partial charge in [-0.25, -0.2) is 13.4 Å². The van der Waals surface area contributed by atoms with Gasteiger partial charge in [0.2, 0.25) is 0 Å². The number of para-hydroxylation sites is 2. The number of nitrogens with zero attached hydrogens (tertiary/aromatic N) is 2. The maximum Gasteiger partial charge on any atom is 0.316 e. The summed E-state index contributed by atoms with van der Waals surface area (Å²) in [6.45, 7) is 1.74. The Balaban J connectivity index is 1.47. The molecule has 10 heteroatoms. The number of likely N-dealkylation sites (N-methyl/N-ethyl adjacent to an activating group) is 1. The number of aromatic nitrogens is 1. The fourth-order valence-corrected chi connectivity index (χ4v) is 5.33. The van der Waals surface area contributed by atoms with Gasteiger partial charge in [-0.15, -0.1) is 0 Å². The first kappa shape index (κ1) is 19.7. The number of hydrogen-bond acceptors (Lipinski definition) is 8. The second kappa shape index (κ2) is 8.30. The van der Waals surface area contributed by atoms with Crippen LogP contribution in [-0.2, 0) is 24.2 Å². The molecule has 146 valence electrons. The van der Waals surface area contributed by atoms with Crippen LogP contribution in [0.15, 0.2) is 33.9 Å². The zero-order chi connectivity index (χ0) is 19.4. The Morgan fingerprint density at radius 2 is 2.15 bits per heavy atom. The van der Waals surface area contributed by atoms with Crippen LogP contribution in [0.25, 0.3) is 11.1 Å². The highest BCUT2D eigenvalue weighted by Gasteiger charge is 2.34. The molecule has 8 nitrogen and oxygen atoms in total. The molecule has 0 unspecified atom stereocenters. The summed E-state index contributed by atoms with van der Waals surface area (Å²) in [6.07, 6.45) is 0.420. The summed E-state index contributed by atoms with van der Waals surface area (Å²) in [5.74, 6) is -0.939. The van der Waals surface area contributed by atoms with E-state index in [2.05, 4.69) is 4.98 Å². The SMILES string of the molecule is CCN(C(=O)COC(=O)CSc1nc2ccccc2o1)[C@H]1CCS(=O)(=O)C1. The predicted octanol–water partition coefficient (Wildman–Crippen LogP) is 1.50. The smallest absolute Gasteiger partial charge is 0.316 e. The van der Waals surface area contributed by atoms with Crippen LogP contribution in [0, 0.1) is 0 Å². The van der Waals surface area contributed by atoms with E-state index < -0.39 is 22.4 Å². The van der Waals surface area contributed by atoms with E-state index in [1.54, 1.807) is 13.0 Å². The molecule has 3 rings (SSSR count). The van der Waals surface area contributed by atoms with E-state index in [0.29, 0.717) is 29.3 Å². The first-order valence-corrected chi connectivity index (χ1v) is 11.3. The first-order chi connectivity index (χ1) is 12.9. The minimum atomic E-state index is -3.09. The number of ether oxygens (including phenoxy) is 1. The molecular formula is C17H20N2O6S2. The molecule has 1 aliphatic heterocycles. The Bertz CT molecular complexity index is 907. The van der Waals surface area contributed by atoms with E-state index in [1.807, 2.05) is 18.2 Å². The van der Waals surface area contributed by atoms with Gasteiger partial charge >= 0.3 is 5.97 Å². The van der Waals surface area contributed by atoms with Gasteiger partial charge in [-0.1, -0.05) is 23.9 Å². The maximum absolute atomic E-state index is 12.3. The van der Waals surface area contributed by atoms with Gasteiger partial charge in [0.1, 0.15) is 11.3 Å². The number of esters is 1. The quantitative estimate of drug-likeness (QED) is 0.497. The fourth-order valence-electron chi connectivity index (χ4n) is 2.96. The lowest BCUT2D eigenvalue weighted by Crippen LogP contribution is -2.43. The number of fused-ring (bicyclic) bond motifs is 1.